The molecule has 1 fully saturated rings. The highest BCUT2D eigenvalue weighted by Gasteiger charge is 2.30. The van der Waals surface area contributed by atoms with E-state index in [1.807, 2.05) is 0 Å². The van der Waals surface area contributed by atoms with Gasteiger partial charge in [0.2, 0.25) is 0 Å². The maximum atomic E-state index is 5.87. The minimum atomic E-state index is 0.293. The Morgan fingerprint density at radius 3 is 2.67 bits per heavy atom. The van der Waals surface area contributed by atoms with E-state index in [2.05, 4.69) is 6.92 Å². The van der Waals surface area contributed by atoms with E-state index >= 15 is 0 Å². The lowest BCUT2D eigenvalue weighted by Crippen LogP contribution is -2.04. The molecular formula is C5H10ClNS2. The van der Waals surface area contributed by atoms with Gasteiger partial charge in [0.25, 0.3) is 0 Å². The Morgan fingerprint density at radius 1 is 1.78 bits per heavy atom. The van der Waals surface area contributed by atoms with Crippen LogP contribution in [0, 0.1) is 5.92 Å². The Labute approximate surface area is 69.2 Å². The molecule has 1 rings (SSSR count). The molecule has 3 atom stereocenters. The van der Waals surface area contributed by atoms with Crippen molar-refractivity contribution < 1.29 is 0 Å². The molecule has 54 valence electrons. The predicted octanol–water partition coefficient (Wildman–Crippen LogP) is 2.26. The van der Waals surface area contributed by atoms with Crippen LogP contribution in [0.2, 0.25) is 0 Å². The number of nitrogens with two attached hydrogens (primary N) is 1. The van der Waals surface area contributed by atoms with Gasteiger partial charge in [0, 0.05) is 0 Å². The first kappa shape index (κ1) is 8.05. The lowest BCUT2D eigenvalue weighted by Gasteiger charge is -2.07. The molecule has 1 aliphatic rings. The third-order valence-corrected chi connectivity index (χ3v) is 4.54. The first-order chi connectivity index (χ1) is 4.24. The van der Waals surface area contributed by atoms with Crippen LogP contribution >= 0.6 is 35.3 Å². The van der Waals surface area contributed by atoms with E-state index < -0.39 is 0 Å². The van der Waals surface area contributed by atoms with Crippen LogP contribution in [0.1, 0.15) is 13.3 Å². The molecule has 3 unspecified atom stereocenters. The Kier molecular flexibility index (Phi) is 3.02. The molecule has 0 amide bonds. The number of halogens is 1. The summed E-state index contributed by atoms with van der Waals surface area (Å²) in [6, 6.07) is 0. The van der Waals surface area contributed by atoms with E-state index in [0.717, 1.165) is 6.42 Å². The maximum Gasteiger partial charge on any atom is 0.0803 e. The molecule has 2 N–H and O–H groups in total. The fourth-order valence-electron chi connectivity index (χ4n) is 0.905. The van der Waals surface area contributed by atoms with Gasteiger partial charge in [-0.1, -0.05) is 18.9 Å². The fourth-order valence-corrected chi connectivity index (χ4v) is 3.82. The zero-order valence-electron chi connectivity index (χ0n) is 5.21. The second-order valence-electron chi connectivity index (χ2n) is 2.26. The lowest BCUT2D eigenvalue weighted by atomic mass is 10.2. The number of rotatable bonds is 1. The van der Waals surface area contributed by atoms with E-state index in [9.17, 15) is 0 Å². The van der Waals surface area contributed by atoms with Crippen molar-refractivity contribution in [1.82, 2.24) is 0 Å². The Hall–Kier alpha value is 0.950. The number of hydrogen-bond acceptors (Lipinski definition) is 3. The van der Waals surface area contributed by atoms with Gasteiger partial charge in [-0.2, -0.15) is 0 Å². The summed E-state index contributed by atoms with van der Waals surface area (Å²) in [5.41, 5.74) is 0. The highest BCUT2D eigenvalue weighted by atomic mass is 35.5. The molecule has 0 bridgehead atoms. The SMILES string of the molecule is CC1CC(Cl)SC1SN. The molecule has 1 nitrogen and oxygen atoms in total. The van der Waals surface area contributed by atoms with E-state index in [1.165, 1.54) is 11.9 Å². The minimum Gasteiger partial charge on any atom is -0.277 e. The fraction of sp³-hybridized carbons (Fsp3) is 1.00. The Morgan fingerprint density at radius 2 is 2.44 bits per heavy atom. The van der Waals surface area contributed by atoms with E-state index in [0.29, 0.717) is 15.2 Å². The van der Waals surface area contributed by atoms with Gasteiger partial charge >= 0.3 is 0 Å². The summed E-state index contributed by atoms with van der Waals surface area (Å²) in [5.74, 6) is 0.674. The zero-order chi connectivity index (χ0) is 6.85. The van der Waals surface area contributed by atoms with Gasteiger partial charge < -0.3 is 0 Å². The van der Waals surface area contributed by atoms with Crippen molar-refractivity contribution in [2.24, 2.45) is 11.1 Å². The molecule has 1 saturated heterocycles. The number of alkyl halides is 1. The van der Waals surface area contributed by atoms with Crippen molar-refractivity contribution >= 4 is 35.3 Å². The molecule has 0 radical (unpaired) electrons. The van der Waals surface area contributed by atoms with Gasteiger partial charge in [-0.15, -0.1) is 23.4 Å². The molecule has 0 aromatic heterocycles. The summed E-state index contributed by atoms with van der Waals surface area (Å²) >= 11 is 9.07. The third-order valence-electron chi connectivity index (χ3n) is 1.44. The smallest absolute Gasteiger partial charge is 0.0803 e. The van der Waals surface area contributed by atoms with Crippen LogP contribution in [0.15, 0.2) is 0 Å². The summed E-state index contributed by atoms with van der Waals surface area (Å²) in [7, 11) is 0. The number of thioether (sulfide) groups is 1. The summed E-state index contributed by atoms with van der Waals surface area (Å²) in [6.07, 6.45) is 1.10. The van der Waals surface area contributed by atoms with Crippen molar-refractivity contribution in [2.45, 2.75) is 22.6 Å². The van der Waals surface area contributed by atoms with Crippen LogP contribution in [0.3, 0.4) is 0 Å². The average molecular weight is 184 g/mol. The summed E-state index contributed by atoms with van der Waals surface area (Å²) in [4.78, 5) is 0. The molecule has 4 heteroatoms. The third kappa shape index (κ3) is 1.93. The van der Waals surface area contributed by atoms with Crippen LogP contribution in [0.5, 0.6) is 0 Å². The first-order valence-corrected chi connectivity index (χ1v) is 5.21. The maximum absolute atomic E-state index is 5.87. The molecule has 0 aliphatic carbocycles. The van der Waals surface area contributed by atoms with Gasteiger partial charge in [-0.25, -0.2) is 0 Å². The standard InChI is InChI=1S/C5H10ClNS2/c1-3-2-4(6)8-5(3)9-7/h3-5H,2,7H2,1H3. The highest BCUT2D eigenvalue weighted by Crippen LogP contribution is 2.43. The normalized spacial score (nSPS) is 43.7. The zero-order valence-corrected chi connectivity index (χ0v) is 7.60. The average Bonchev–Trinajstić information content (AvgIpc) is 2.10. The first-order valence-electron chi connectivity index (χ1n) is 2.89. The van der Waals surface area contributed by atoms with Gasteiger partial charge in [0.15, 0.2) is 0 Å². The Balaban J connectivity index is 2.38. The van der Waals surface area contributed by atoms with Crippen molar-refractivity contribution in [1.29, 1.82) is 0 Å². The van der Waals surface area contributed by atoms with Crippen LogP contribution in [0.4, 0.5) is 0 Å². The van der Waals surface area contributed by atoms with E-state index in [1.54, 1.807) is 11.8 Å². The molecule has 0 saturated carbocycles. The second-order valence-corrected chi connectivity index (χ2v) is 5.48. The molecule has 1 heterocycles. The summed E-state index contributed by atoms with van der Waals surface area (Å²) in [5, 5.41) is 5.42. The summed E-state index contributed by atoms with van der Waals surface area (Å²) < 4.78 is 0.813. The second kappa shape index (κ2) is 3.37. The van der Waals surface area contributed by atoms with Crippen molar-refractivity contribution in [3.05, 3.63) is 0 Å². The van der Waals surface area contributed by atoms with Crippen molar-refractivity contribution in [3.63, 3.8) is 0 Å². The van der Waals surface area contributed by atoms with Gasteiger partial charge in [-0.05, 0) is 12.3 Å². The largest absolute Gasteiger partial charge is 0.277 e. The van der Waals surface area contributed by atoms with Gasteiger partial charge in [0.05, 0.1) is 9.29 Å². The van der Waals surface area contributed by atoms with Crippen molar-refractivity contribution in [2.75, 3.05) is 0 Å². The molecule has 0 aromatic rings. The quantitative estimate of drug-likeness (QED) is 0.499. The molecule has 0 spiro atoms. The number of hydrogen-bond donors (Lipinski definition) is 1. The molecule has 1 aliphatic heterocycles. The molecule has 9 heavy (non-hydrogen) atoms. The lowest BCUT2D eigenvalue weighted by molar-refractivity contribution is 0.636. The van der Waals surface area contributed by atoms with Gasteiger partial charge in [0.1, 0.15) is 0 Å². The van der Waals surface area contributed by atoms with Crippen LogP contribution in [-0.4, -0.2) is 9.29 Å². The topological polar surface area (TPSA) is 26.0 Å². The highest BCUT2D eigenvalue weighted by molar-refractivity contribution is 8.17. The Bertz CT molecular complexity index is 101. The van der Waals surface area contributed by atoms with Gasteiger partial charge in [-0.3, -0.25) is 5.14 Å². The van der Waals surface area contributed by atoms with Crippen LogP contribution < -0.4 is 5.14 Å². The monoisotopic (exact) mass is 183 g/mol. The van der Waals surface area contributed by atoms with E-state index in [-0.39, 0.29) is 0 Å². The molecule has 0 aromatic carbocycles. The predicted molar refractivity (Wildman–Crippen MR) is 46.6 cm³/mol. The van der Waals surface area contributed by atoms with Crippen LogP contribution in [0.25, 0.3) is 0 Å². The van der Waals surface area contributed by atoms with Crippen LogP contribution in [-0.2, 0) is 0 Å². The van der Waals surface area contributed by atoms with E-state index in [4.69, 9.17) is 16.7 Å². The minimum absolute atomic E-state index is 0.293. The molecular weight excluding hydrogens is 174 g/mol. The summed E-state index contributed by atoms with van der Waals surface area (Å²) in [6.45, 7) is 2.19. The van der Waals surface area contributed by atoms with Crippen molar-refractivity contribution in [3.8, 4) is 0 Å².